The number of nitrogens with zero attached hydrogens (tertiary/aromatic N) is 2. The summed E-state index contributed by atoms with van der Waals surface area (Å²) in [4.78, 5) is 11.5. The summed E-state index contributed by atoms with van der Waals surface area (Å²) >= 11 is 2.25. The molecule has 1 aromatic heterocycles. The highest BCUT2D eigenvalue weighted by molar-refractivity contribution is 14.1. The van der Waals surface area contributed by atoms with E-state index in [1.165, 1.54) is 0 Å². The highest BCUT2D eigenvalue weighted by Gasteiger charge is 2.29. The van der Waals surface area contributed by atoms with Crippen LogP contribution in [0.1, 0.15) is 38.6 Å². The Kier molecular flexibility index (Phi) is 3.43. The maximum absolute atomic E-state index is 11.5. The summed E-state index contributed by atoms with van der Waals surface area (Å²) in [5.74, 6) is 0.994. The number of halogens is 1. The molecule has 0 bridgehead atoms. The number of carbonyl (C=O) groups excluding carboxylic acids is 1. The average molecular weight is 318 g/mol. The van der Waals surface area contributed by atoms with E-state index < -0.39 is 0 Å². The summed E-state index contributed by atoms with van der Waals surface area (Å²) in [5, 5.41) is 4.33. The van der Waals surface area contributed by atoms with Gasteiger partial charge in [0, 0.05) is 19.0 Å². The molecule has 1 aromatic rings. The second-order valence-corrected chi connectivity index (χ2v) is 5.40. The van der Waals surface area contributed by atoms with Gasteiger partial charge in [-0.15, -0.1) is 0 Å². The van der Waals surface area contributed by atoms with Crippen LogP contribution in [-0.4, -0.2) is 15.6 Å². The first-order valence-corrected chi connectivity index (χ1v) is 6.50. The zero-order chi connectivity index (χ0) is 10.8. The minimum atomic E-state index is 0.291. The normalized spacial score (nSPS) is 26.9. The van der Waals surface area contributed by atoms with Gasteiger partial charge in [-0.2, -0.15) is 5.10 Å². The lowest BCUT2D eigenvalue weighted by Gasteiger charge is -2.30. The van der Waals surface area contributed by atoms with Gasteiger partial charge in [-0.1, -0.05) is 13.3 Å². The molecule has 3 nitrogen and oxygen atoms in total. The Morgan fingerprint density at radius 2 is 2.47 bits per heavy atom. The molecule has 2 rings (SSSR count). The smallest absolute Gasteiger partial charge is 0.135 e. The van der Waals surface area contributed by atoms with Crippen LogP contribution in [0.3, 0.4) is 0 Å². The van der Waals surface area contributed by atoms with Crippen molar-refractivity contribution < 1.29 is 4.79 Å². The summed E-state index contributed by atoms with van der Waals surface area (Å²) in [5.41, 5.74) is 0. The van der Waals surface area contributed by atoms with E-state index in [4.69, 9.17) is 0 Å². The van der Waals surface area contributed by atoms with E-state index in [9.17, 15) is 4.79 Å². The molecule has 1 fully saturated rings. The quantitative estimate of drug-likeness (QED) is 0.786. The van der Waals surface area contributed by atoms with Crippen LogP contribution in [0.15, 0.2) is 12.4 Å². The monoisotopic (exact) mass is 318 g/mol. The highest BCUT2D eigenvalue weighted by atomic mass is 127. The van der Waals surface area contributed by atoms with Crippen molar-refractivity contribution in [3.05, 3.63) is 16.0 Å². The number of hydrogen-bond acceptors (Lipinski definition) is 2. The Labute approximate surface area is 103 Å². The van der Waals surface area contributed by atoms with Gasteiger partial charge in [-0.3, -0.25) is 9.48 Å². The molecule has 1 aliphatic rings. The average Bonchev–Trinajstić information content (AvgIpc) is 2.65. The second kappa shape index (κ2) is 4.63. The van der Waals surface area contributed by atoms with Crippen molar-refractivity contribution in [3.8, 4) is 0 Å². The maximum Gasteiger partial charge on any atom is 0.135 e. The van der Waals surface area contributed by atoms with E-state index in [0.717, 1.165) is 22.8 Å². The number of hydrogen-bond donors (Lipinski definition) is 0. The van der Waals surface area contributed by atoms with Crippen LogP contribution in [0, 0.1) is 9.49 Å². The molecule has 2 unspecified atom stereocenters. The lowest BCUT2D eigenvalue weighted by Crippen LogP contribution is -2.27. The lowest BCUT2D eigenvalue weighted by atomic mass is 9.82. The molecule has 0 aromatic carbocycles. The molecule has 0 amide bonds. The molecule has 0 aliphatic heterocycles. The number of ketones is 1. The third-order valence-electron chi connectivity index (χ3n) is 3.21. The van der Waals surface area contributed by atoms with E-state index >= 15 is 0 Å². The largest absolute Gasteiger partial charge is 0.300 e. The molecule has 4 heteroatoms. The van der Waals surface area contributed by atoms with Crippen molar-refractivity contribution in [3.63, 3.8) is 0 Å². The predicted octanol–water partition coefficient (Wildman–Crippen LogP) is 2.81. The van der Waals surface area contributed by atoms with E-state index in [0.29, 0.717) is 24.2 Å². The minimum absolute atomic E-state index is 0.291. The van der Waals surface area contributed by atoms with Gasteiger partial charge in [0.1, 0.15) is 5.78 Å². The predicted molar refractivity (Wildman–Crippen MR) is 66.6 cm³/mol. The fraction of sp³-hybridized carbons (Fsp3) is 0.636. The van der Waals surface area contributed by atoms with Gasteiger partial charge in [0.25, 0.3) is 0 Å². The Bertz CT molecular complexity index is 361. The van der Waals surface area contributed by atoms with E-state index in [-0.39, 0.29) is 0 Å². The molecule has 0 radical (unpaired) electrons. The Morgan fingerprint density at radius 1 is 1.67 bits per heavy atom. The zero-order valence-corrected chi connectivity index (χ0v) is 11.0. The zero-order valence-electron chi connectivity index (χ0n) is 8.82. The summed E-state index contributed by atoms with van der Waals surface area (Å²) < 4.78 is 3.12. The third kappa shape index (κ3) is 2.41. The molecule has 1 saturated carbocycles. The minimum Gasteiger partial charge on any atom is -0.300 e. The summed E-state index contributed by atoms with van der Waals surface area (Å²) in [7, 11) is 0. The van der Waals surface area contributed by atoms with Crippen molar-refractivity contribution in [2.24, 2.45) is 5.92 Å². The SMILES string of the molecule is CCC1CCC(=O)CC1n1cc(I)cn1. The second-order valence-electron chi connectivity index (χ2n) is 4.16. The first-order chi connectivity index (χ1) is 7.20. The molecule has 2 atom stereocenters. The van der Waals surface area contributed by atoms with E-state index in [1.807, 2.05) is 17.1 Å². The van der Waals surface area contributed by atoms with Gasteiger partial charge in [-0.25, -0.2) is 0 Å². The first kappa shape index (κ1) is 11.1. The Balaban J connectivity index is 2.20. The van der Waals surface area contributed by atoms with Crippen LogP contribution in [0.25, 0.3) is 0 Å². The molecule has 1 heterocycles. The van der Waals surface area contributed by atoms with Gasteiger partial charge in [0.15, 0.2) is 0 Å². The van der Waals surface area contributed by atoms with Crippen LogP contribution >= 0.6 is 22.6 Å². The molecule has 0 saturated heterocycles. The lowest BCUT2D eigenvalue weighted by molar-refractivity contribution is -0.122. The fourth-order valence-electron chi connectivity index (χ4n) is 2.32. The topological polar surface area (TPSA) is 34.9 Å². The molecule has 82 valence electrons. The summed E-state index contributed by atoms with van der Waals surface area (Å²) in [6, 6.07) is 0.291. The fourth-order valence-corrected chi connectivity index (χ4v) is 2.73. The molecular weight excluding hydrogens is 303 g/mol. The Morgan fingerprint density at radius 3 is 3.07 bits per heavy atom. The van der Waals surface area contributed by atoms with Gasteiger partial charge in [0.05, 0.1) is 15.8 Å². The Hall–Kier alpha value is -0.390. The van der Waals surface area contributed by atoms with E-state index in [1.54, 1.807) is 0 Å². The molecule has 15 heavy (non-hydrogen) atoms. The van der Waals surface area contributed by atoms with Crippen molar-refractivity contribution in [1.29, 1.82) is 0 Å². The van der Waals surface area contributed by atoms with Crippen LogP contribution in [0.2, 0.25) is 0 Å². The molecule has 0 N–H and O–H groups in total. The number of carbonyl (C=O) groups is 1. The van der Waals surface area contributed by atoms with Gasteiger partial charge < -0.3 is 0 Å². The number of rotatable bonds is 2. The van der Waals surface area contributed by atoms with Crippen LogP contribution < -0.4 is 0 Å². The molecule has 1 aliphatic carbocycles. The third-order valence-corrected chi connectivity index (χ3v) is 3.77. The van der Waals surface area contributed by atoms with Crippen LogP contribution in [-0.2, 0) is 4.79 Å². The highest BCUT2D eigenvalue weighted by Crippen LogP contribution is 2.33. The van der Waals surface area contributed by atoms with Crippen molar-refractivity contribution >= 4 is 28.4 Å². The van der Waals surface area contributed by atoms with Gasteiger partial charge in [-0.05, 0) is 34.9 Å². The molecule has 0 spiro atoms. The number of aromatic nitrogens is 2. The number of Topliss-reactive ketones (excluding diaryl/α,β-unsaturated/α-hetero) is 1. The van der Waals surface area contributed by atoms with Crippen LogP contribution in [0.4, 0.5) is 0 Å². The van der Waals surface area contributed by atoms with Crippen molar-refractivity contribution in [2.45, 2.75) is 38.6 Å². The van der Waals surface area contributed by atoms with Crippen molar-refractivity contribution in [2.75, 3.05) is 0 Å². The van der Waals surface area contributed by atoms with Crippen LogP contribution in [0.5, 0.6) is 0 Å². The van der Waals surface area contributed by atoms with Gasteiger partial charge in [0.2, 0.25) is 0 Å². The molecular formula is C11H15IN2O. The maximum atomic E-state index is 11.5. The van der Waals surface area contributed by atoms with Gasteiger partial charge >= 0.3 is 0 Å². The standard InChI is InChI=1S/C11H15IN2O/c1-2-8-3-4-10(15)5-11(8)14-7-9(12)6-13-14/h6-8,11H,2-5H2,1H3. The summed E-state index contributed by atoms with van der Waals surface area (Å²) in [6.45, 7) is 2.20. The first-order valence-electron chi connectivity index (χ1n) is 5.42. The summed E-state index contributed by atoms with van der Waals surface area (Å²) in [6.07, 6.45) is 7.47. The van der Waals surface area contributed by atoms with Crippen molar-refractivity contribution in [1.82, 2.24) is 9.78 Å². The van der Waals surface area contributed by atoms with E-state index in [2.05, 4.69) is 34.6 Å².